The Kier molecular flexibility index (Phi) is 15.4. The van der Waals surface area contributed by atoms with Crippen LogP contribution in [0.4, 0.5) is 0 Å². The largest absolute Gasteiger partial charge is 0.397 e. The molecular weight excluding hydrogens is 432 g/mol. The summed E-state index contributed by atoms with van der Waals surface area (Å²) in [5.41, 5.74) is 0. The highest BCUT2D eigenvalue weighted by molar-refractivity contribution is 7.81. The molecule has 0 aliphatic heterocycles. The summed E-state index contributed by atoms with van der Waals surface area (Å²) in [6, 6.07) is 0. The topological polar surface area (TPSA) is 127 Å². The van der Waals surface area contributed by atoms with Gasteiger partial charge in [0.2, 0.25) is 0 Å². The van der Waals surface area contributed by atoms with Gasteiger partial charge in [-0.15, -0.1) is 0 Å². The number of hydrogen-bond acceptors (Lipinski definition) is 6. The molecule has 3 atom stereocenters. The molecule has 0 rings (SSSR count). The van der Waals surface area contributed by atoms with Crippen LogP contribution in [-0.4, -0.2) is 38.7 Å². The molecular formula is C20H42O8S2. The minimum atomic E-state index is -4.42. The SMILES string of the molecule is CC(C)CCCC(CCCC(C)CCCC(C)CCCOS(=O)(=O)O)OS(=O)(=O)O. The first-order chi connectivity index (χ1) is 13.8. The molecule has 8 nitrogen and oxygen atoms in total. The quantitative estimate of drug-likeness (QED) is 0.193. The lowest BCUT2D eigenvalue weighted by molar-refractivity contribution is 0.154. The molecule has 0 radical (unpaired) electrons. The van der Waals surface area contributed by atoms with Crippen molar-refractivity contribution >= 4 is 20.8 Å². The standard InChI is InChI=1S/C20H42O8S2/c1-17(2)9-5-14-20(28-30(24,25)26)15-7-12-18(3)10-6-11-19(4)13-8-16-27-29(21,22)23/h17-20H,5-16H2,1-4H3,(H,21,22,23)(H,24,25,26). The van der Waals surface area contributed by atoms with Gasteiger partial charge in [0, 0.05) is 0 Å². The van der Waals surface area contributed by atoms with Crippen LogP contribution in [-0.2, 0) is 29.2 Å². The molecule has 0 fully saturated rings. The minimum Gasteiger partial charge on any atom is -0.264 e. The normalized spacial score (nSPS) is 16.0. The average molecular weight is 475 g/mol. The Hall–Kier alpha value is -0.260. The van der Waals surface area contributed by atoms with Crippen molar-refractivity contribution in [2.45, 2.75) is 104 Å². The molecule has 0 amide bonds. The molecule has 0 aliphatic rings. The summed E-state index contributed by atoms with van der Waals surface area (Å²) in [5.74, 6) is 1.52. The van der Waals surface area contributed by atoms with E-state index in [0.717, 1.165) is 51.4 Å². The van der Waals surface area contributed by atoms with Crippen molar-refractivity contribution in [3.8, 4) is 0 Å². The summed E-state index contributed by atoms with van der Waals surface area (Å²) < 4.78 is 69.8. The lowest BCUT2D eigenvalue weighted by atomic mass is 9.92. The fourth-order valence-electron chi connectivity index (χ4n) is 3.56. The van der Waals surface area contributed by atoms with Crippen LogP contribution in [0.15, 0.2) is 0 Å². The molecule has 0 heterocycles. The van der Waals surface area contributed by atoms with Gasteiger partial charge in [-0.3, -0.25) is 9.11 Å². The van der Waals surface area contributed by atoms with Gasteiger partial charge in [0.1, 0.15) is 0 Å². The molecule has 0 aromatic rings. The van der Waals surface area contributed by atoms with Crippen molar-refractivity contribution in [3.63, 3.8) is 0 Å². The van der Waals surface area contributed by atoms with Gasteiger partial charge in [-0.1, -0.05) is 72.6 Å². The van der Waals surface area contributed by atoms with Gasteiger partial charge in [0.25, 0.3) is 0 Å². The summed E-state index contributed by atoms with van der Waals surface area (Å²) >= 11 is 0. The molecule has 0 aromatic heterocycles. The molecule has 0 saturated carbocycles. The van der Waals surface area contributed by atoms with E-state index in [1.54, 1.807) is 0 Å². The number of rotatable bonds is 19. The lowest BCUT2D eigenvalue weighted by Crippen LogP contribution is -2.18. The fraction of sp³-hybridized carbons (Fsp3) is 1.00. The van der Waals surface area contributed by atoms with E-state index >= 15 is 0 Å². The van der Waals surface area contributed by atoms with E-state index in [9.17, 15) is 16.8 Å². The van der Waals surface area contributed by atoms with Crippen LogP contribution in [0.2, 0.25) is 0 Å². The van der Waals surface area contributed by atoms with Crippen LogP contribution in [0.25, 0.3) is 0 Å². The summed E-state index contributed by atoms with van der Waals surface area (Å²) in [6.45, 7) is 8.54. The smallest absolute Gasteiger partial charge is 0.264 e. The maximum absolute atomic E-state index is 11.1. The molecule has 182 valence electrons. The second-order valence-corrected chi connectivity index (χ2v) is 11.1. The molecule has 2 N–H and O–H groups in total. The van der Waals surface area contributed by atoms with Gasteiger partial charge in [-0.05, 0) is 43.4 Å². The highest BCUT2D eigenvalue weighted by Crippen LogP contribution is 2.22. The molecule has 30 heavy (non-hydrogen) atoms. The highest BCUT2D eigenvalue weighted by Gasteiger charge is 2.17. The highest BCUT2D eigenvalue weighted by atomic mass is 32.3. The zero-order valence-corrected chi connectivity index (χ0v) is 20.6. The zero-order chi connectivity index (χ0) is 23.2. The second kappa shape index (κ2) is 15.5. The third kappa shape index (κ3) is 21.0. The Balaban J connectivity index is 4.01. The second-order valence-electron chi connectivity index (χ2n) is 8.93. The average Bonchev–Trinajstić information content (AvgIpc) is 2.56. The van der Waals surface area contributed by atoms with Crippen molar-refractivity contribution in [3.05, 3.63) is 0 Å². The first-order valence-corrected chi connectivity index (χ1v) is 13.8. The summed E-state index contributed by atoms with van der Waals surface area (Å²) in [5, 5.41) is 0. The third-order valence-corrected chi connectivity index (χ3v) is 6.24. The molecule has 0 spiro atoms. The van der Waals surface area contributed by atoms with Crippen molar-refractivity contribution in [2.75, 3.05) is 6.61 Å². The maximum atomic E-state index is 11.1. The molecule has 0 aliphatic carbocycles. The van der Waals surface area contributed by atoms with Crippen molar-refractivity contribution in [2.24, 2.45) is 17.8 Å². The molecule has 10 heteroatoms. The maximum Gasteiger partial charge on any atom is 0.397 e. The van der Waals surface area contributed by atoms with E-state index in [2.05, 4.69) is 31.9 Å². The van der Waals surface area contributed by atoms with E-state index < -0.39 is 26.9 Å². The van der Waals surface area contributed by atoms with Crippen molar-refractivity contribution in [1.82, 2.24) is 0 Å². The Morgan fingerprint density at radius 1 is 0.633 bits per heavy atom. The monoisotopic (exact) mass is 474 g/mol. The van der Waals surface area contributed by atoms with E-state index in [1.807, 2.05) is 0 Å². The Morgan fingerprint density at radius 2 is 1.07 bits per heavy atom. The molecule has 3 unspecified atom stereocenters. The van der Waals surface area contributed by atoms with Crippen LogP contribution in [0.1, 0.15) is 98.3 Å². The zero-order valence-electron chi connectivity index (χ0n) is 19.0. The van der Waals surface area contributed by atoms with E-state index in [1.165, 1.54) is 0 Å². The van der Waals surface area contributed by atoms with E-state index in [4.69, 9.17) is 13.3 Å². The van der Waals surface area contributed by atoms with Gasteiger partial charge in [0.15, 0.2) is 0 Å². The van der Waals surface area contributed by atoms with E-state index in [0.29, 0.717) is 37.0 Å². The lowest BCUT2D eigenvalue weighted by Gasteiger charge is -2.18. The van der Waals surface area contributed by atoms with Gasteiger partial charge < -0.3 is 0 Å². The molecule has 0 saturated heterocycles. The van der Waals surface area contributed by atoms with Crippen molar-refractivity contribution in [1.29, 1.82) is 0 Å². The Labute approximate surface area is 184 Å². The molecule has 0 bridgehead atoms. The molecule has 0 aromatic carbocycles. The van der Waals surface area contributed by atoms with Gasteiger partial charge >= 0.3 is 20.8 Å². The van der Waals surface area contributed by atoms with Gasteiger partial charge in [-0.2, -0.15) is 16.8 Å². The Morgan fingerprint density at radius 3 is 1.50 bits per heavy atom. The predicted octanol–water partition coefficient (Wildman–Crippen LogP) is 5.21. The third-order valence-electron chi connectivity index (χ3n) is 5.26. The van der Waals surface area contributed by atoms with Gasteiger partial charge in [0.05, 0.1) is 12.7 Å². The Bertz CT molecular complexity index is 631. The van der Waals surface area contributed by atoms with E-state index in [-0.39, 0.29) is 6.61 Å². The number of hydrogen-bond donors (Lipinski definition) is 2. The first-order valence-electron chi connectivity index (χ1n) is 11.1. The predicted molar refractivity (Wildman–Crippen MR) is 118 cm³/mol. The summed E-state index contributed by atoms with van der Waals surface area (Å²) in [7, 11) is -8.76. The summed E-state index contributed by atoms with van der Waals surface area (Å²) in [6.07, 6.45) is 9.11. The van der Waals surface area contributed by atoms with Crippen LogP contribution < -0.4 is 0 Å². The summed E-state index contributed by atoms with van der Waals surface area (Å²) in [4.78, 5) is 0. The first kappa shape index (κ1) is 29.7. The minimum absolute atomic E-state index is 0.00351. The van der Waals surface area contributed by atoms with Crippen LogP contribution in [0, 0.1) is 17.8 Å². The van der Waals surface area contributed by atoms with Crippen molar-refractivity contribution < 1.29 is 34.3 Å². The van der Waals surface area contributed by atoms with Crippen LogP contribution >= 0.6 is 0 Å². The fourth-order valence-corrected chi connectivity index (χ4v) is 4.42. The van der Waals surface area contributed by atoms with Gasteiger partial charge in [-0.25, -0.2) is 8.37 Å². The van der Waals surface area contributed by atoms with Crippen LogP contribution in [0.5, 0.6) is 0 Å². The van der Waals surface area contributed by atoms with Crippen LogP contribution in [0.3, 0.4) is 0 Å².